The Balaban J connectivity index is 1.50. The Morgan fingerprint density at radius 3 is 2.56 bits per heavy atom. The molecule has 0 radical (unpaired) electrons. The largest absolute Gasteiger partial charge is 0.493 e. The first kappa shape index (κ1) is 20.4. The number of aliphatic hydroxyl groups is 2. The molecule has 1 aliphatic carbocycles. The maximum Gasteiger partial charge on any atom is 0.161 e. The van der Waals surface area contributed by atoms with Gasteiger partial charge in [0.05, 0.1) is 13.2 Å². The van der Waals surface area contributed by atoms with Gasteiger partial charge in [-0.25, -0.2) is 0 Å². The maximum absolute atomic E-state index is 10.3. The summed E-state index contributed by atoms with van der Waals surface area (Å²) < 4.78 is 11.3. The minimum absolute atomic E-state index is 0.194. The molecule has 27 heavy (non-hydrogen) atoms. The summed E-state index contributed by atoms with van der Waals surface area (Å²) in [6.45, 7) is 6.65. The predicted octanol–water partition coefficient (Wildman–Crippen LogP) is 1.88. The normalized spacial score (nSPS) is 20.0. The number of methoxy groups -OCH3 is 1. The van der Waals surface area contributed by atoms with E-state index in [1.54, 1.807) is 7.11 Å². The van der Waals surface area contributed by atoms with E-state index in [0.717, 1.165) is 45.1 Å². The predicted molar refractivity (Wildman–Crippen MR) is 105 cm³/mol. The van der Waals surface area contributed by atoms with Crippen LogP contribution < -0.4 is 9.47 Å². The second-order valence-corrected chi connectivity index (χ2v) is 7.78. The fourth-order valence-electron chi connectivity index (χ4n) is 3.74. The molecular weight excluding hydrogens is 344 g/mol. The van der Waals surface area contributed by atoms with Gasteiger partial charge in [0.1, 0.15) is 12.7 Å². The molecular formula is C21H34N2O4. The molecule has 0 unspecified atom stereocenters. The highest BCUT2D eigenvalue weighted by Crippen LogP contribution is 2.31. The molecule has 1 aromatic rings. The number of ether oxygens (including phenoxy) is 2. The molecule has 1 heterocycles. The van der Waals surface area contributed by atoms with Gasteiger partial charge in [0.25, 0.3) is 0 Å². The monoisotopic (exact) mass is 378 g/mol. The molecule has 1 aliphatic heterocycles. The van der Waals surface area contributed by atoms with Crippen LogP contribution in [0, 0.1) is 0 Å². The summed E-state index contributed by atoms with van der Waals surface area (Å²) in [4.78, 5) is 4.67. The van der Waals surface area contributed by atoms with E-state index in [1.807, 2.05) is 12.1 Å². The fraction of sp³-hybridized carbons (Fsp3) is 0.714. The van der Waals surface area contributed by atoms with Gasteiger partial charge in [-0.1, -0.05) is 13.0 Å². The third-order valence-corrected chi connectivity index (χ3v) is 5.54. The van der Waals surface area contributed by atoms with Crippen LogP contribution in [0.25, 0.3) is 0 Å². The Morgan fingerprint density at radius 2 is 1.93 bits per heavy atom. The lowest BCUT2D eigenvalue weighted by Crippen LogP contribution is -2.41. The minimum atomic E-state index is -0.560. The second-order valence-electron chi connectivity index (χ2n) is 7.78. The van der Waals surface area contributed by atoms with E-state index in [-0.39, 0.29) is 12.7 Å². The molecule has 6 heteroatoms. The van der Waals surface area contributed by atoms with Gasteiger partial charge in [0, 0.05) is 32.2 Å². The maximum atomic E-state index is 10.3. The smallest absolute Gasteiger partial charge is 0.161 e. The standard InChI is InChI=1S/C21H34N2O4/c1-3-23(17-5-6-17)13-16-4-7-20(21(12-16)26-2)27-15-19(25)14-22-10-8-18(24)9-11-22/h4,7,12,17-19,24-25H,3,5-6,8-11,13-15H2,1-2H3/t19-/m0/s1. The first-order valence-electron chi connectivity index (χ1n) is 10.2. The van der Waals surface area contributed by atoms with E-state index in [2.05, 4.69) is 22.8 Å². The number of benzene rings is 1. The number of β-amino-alcohol motifs (C(OH)–C–C–N with tert-alkyl or cyclic N) is 1. The summed E-state index contributed by atoms with van der Waals surface area (Å²) >= 11 is 0. The van der Waals surface area contributed by atoms with Gasteiger partial charge in [-0.3, -0.25) is 4.90 Å². The van der Waals surface area contributed by atoms with E-state index >= 15 is 0 Å². The Kier molecular flexibility index (Phi) is 7.35. The summed E-state index contributed by atoms with van der Waals surface area (Å²) in [7, 11) is 1.65. The number of nitrogens with zero attached hydrogens (tertiary/aromatic N) is 2. The lowest BCUT2D eigenvalue weighted by Gasteiger charge is -2.30. The average molecular weight is 379 g/mol. The van der Waals surface area contributed by atoms with Crippen molar-refractivity contribution in [2.75, 3.05) is 39.9 Å². The molecule has 1 atom stereocenters. The second kappa shape index (κ2) is 9.73. The molecule has 0 spiro atoms. The van der Waals surface area contributed by atoms with Crippen molar-refractivity contribution in [3.8, 4) is 11.5 Å². The molecule has 2 fully saturated rings. The number of hydrogen-bond donors (Lipinski definition) is 2. The summed E-state index contributed by atoms with van der Waals surface area (Å²) in [6, 6.07) is 6.81. The van der Waals surface area contributed by atoms with Crippen molar-refractivity contribution in [1.29, 1.82) is 0 Å². The molecule has 6 nitrogen and oxygen atoms in total. The van der Waals surface area contributed by atoms with Crippen LogP contribution in [0.2, 0.25) is 0 Å². The van der Waals surface area contributed by atoms with E-state index in [1.165, 1.54) is 18.4 Å². The summed E-state index contributed by atoms with van der Waals surface area (Å²) in [5.74, 6) is 1.39. The Bertz CT molecular complexity index is 586. The molecule has 3 rings (SSSR count). The van der Waals surface area contributed by atoms with Crippen LogP contribution in [0.1, 0.15) is 38.2 Å². The van der Waals surface area contributed by atoms with E-state index < -0.39 is 6.10 Å². The molecule has 0 aromatic heterocycles. The molecule has 2 aliphatic rings. The van der Waals surface area contributed by atoms with Gasteiger partial charge >= 0.3 is 0 Å². The quantitative estimate of drug-likeness (QED) is 0.648. The van der Waals surface area contributed by atoms with E-state index in [4.69, 9.17) is 9.47 Å². The number of rotatable bonds is 10. The number of aliphatic hydroxyl groups excluding tert-OH is 2. The highest BCUT2D eigenvalue weighted by Gasteiger charge is 2.27. The average Bonchev–Trinajstić information content (AvgIpc) is 3.51. The van der Waals surface area contributed by atoms with Crippen molar-refractivity contribution in [3.05, 3.63) is 23.8 Å². The molecule has 0 bridgehead atoms. The Morgan fingerprint density at radius 1 is 1.19 bits per heavy atom. The highest BCUT2D eigenvalue weighted by atomic mass is 16.5. The highest BCUT2D eigenvalue weighted by molar-refractivity contribution is 5.43. The topological polar surface area (TPSA) is 65.4 Å². The van der Waals surface area contributed by atoms with Crippen LogP contribution in [0.15, 0.2) is 18.2 Å². The van der Waals surface area contributed by atoms with Crippen molar-refractivity contribution in [1.82, 2.24) is 9.80 Å². The lowest BCUT2D eigenvalue weighted by molar-refractivity contribution is 0.0333. The third-order valence-electron chi connectivity index (χ3n) is 5.54. The molecule has 1 saturated heterocycles. The fourth-order valence-corrected chi connectivity index (χ4v) is 3.74. The number of hydrogen-bond acceptors (Lipinski definition) is 6. The summed E-state index contributed by atoms with van der Waals surface area (Å²) in [6.07, 6.45) is 3.41. The number of piperidine rings is 1. The van der Waals surface area contributed by atoms with Gasteiger partial charge < -0.3 is 24.6 Å². The zero-order valence-corrected chi connectivity index (χ0v) is 16.6. The van der Waals surface area contributed by atoms with E-state index in [9.17, 15) is 10.2 Å². The van der Waals surface area contributed by atoms with Gasteiger partial charge in [-0.15, -0.1) is 0 Å². The zero-order chi connectivity index (χ0) is 19.2. The summed E-state index contributed by atoms with van der Waals surface area (Å²) in [5.41, 5.74) is 1.22. The number of likely N-dealkylation sites (tertiary alicyclic amines) is 1. The third kappa shape index (κ3) is 6.07. The Hall–Kier alpha value is -1.34. The molecule has 152 valence electrons. The molecule has 1 aromatic carbocycles. The SMILES string of the molecule is CCN(Cc1ccc(OC[C@@H](O)CN2CCC(O)CC2)c(OC)c1)C1CC1. The van der Waals surface area contributed by atoms with Crippen molar-refractivity contribution < 1.29 is 19.7 Å². The first-order valence-corrected chi connectivity index (χ1v) is 10.2. The van der Waals surface area contributed by atoms with Gasteiger partial charge in [-0.2, -0.15) is 0 Å². The minimum Gasteiger partial charge on any atom is -0.493 e. The van der Waals surface area contributed by atoms with Crippen LogP contribution in [0.5, 0.6) is 11.5 Å². The molecule has 1 saturated carbocycles. The van der Waals surface area contributed by atoms with Gasteiger partial charge in [0.2, 0.25) is 0 Å². The van der Waals surface area contributed by atoms with Gasteiger partial charge in [0.15, 0.2) is 11.5 Å². The lowest BCUT2D eigenvalue weighted by atomic mass is 10.1. The van der Waals surface area contributed by atoms with Crippen molar-refractivity contribution >= 4 is 0 Å². The van der Waals surface area contributed by atoms with Crippen LogP contribution in [0.3, 0.4) is 0 Å². The van der Waals surface area contributed by atoms with Crippen molar-refractivity contribution in [2.24, 2.45) is 0 Å². The Labute approximate surface area is 162 Å². The van der Waals surface area contributed by atoms with Crippen LogP contribution in [-0.2, 0) is 6.54 Å². The van der Waals surface area contributed by atoms with Crippen LogP contribution in [-0.4, -0.2) is 78.2 Å². The molecule has 2 N–H and O–H groups in total. The van der Waals surface area contributed by atoms with Gasteiger partial charge in [-0.05, 0) is 49.9 Å². The van der Waals surface area contributed by atoms with E-state index in [0.29, 0.717) is 18.0 Å². The van der Waals surface area contributed by atoms with Crippen molar-refractivity contribution in [2.45, 2.75) is 57.4 Å². The van der Waals surface area contributed by atoms with Crippen LogP contribution in [0.4, 0.5) is 0 Å². The zero-order valence-electron chi connectivity index (χ0n) is 16.6. The molecule has 0 amide bonds. The summed E-state index contributed by atoms with van der Waals surface area (Å²) in [5, 5.41) is 19.9. The first-order chi connectivity index (χ1) is 13.1. The van der Waals surface area contributed by atoms with Crippen molar-refractivity contribution in [3.63, 3.8) is 0 Å². The van der Waals surface area contributed by atoms with Crippen LogP contribution >= 0.6 is 0 Å².